The molecule has 278 valence electrons. The van der Waals surface area contributed by atoms with Crippen molar-refractivity contribution >= 4 is 67.4 Å². The van der Waals surface area contributed by atoms with Gasteiger partial charge in [-0.1, -0.05) is 145 Å². The van der Waals surface area contributed by atoms with Gasteiger partial charge in [-0.3, -0.25) is 0 Å². The van der Waals surface area contributed by atoms with Crippen molar-refractivity contribution in [1.29, 1.82) is 0 Å². The van der Waals surface area contributed by atoms with E-state index in [1.165, 1.54) is 77.4 Å². The Kier molecular flexibility index (Phi) is 7.37. The minimum absolute atomic E-state index is 0.0333. The van der Waals surface area contributed by atoms with E-state index < -0.39 is 0 Å². The van der Waals surface area contributed by atoms with Crippen LogP contribution in [0.25, 0.3) is 54.9 Å². The Bertz CT molecular complexity index is 3020. The molecular formula is C53H47BN2O. The highest BCUT2D eigenvalue weighted by molar-refractivity contribution is 6.82. The van der Waals surface area contributed by atoms with Crippen LogP contribution in [0.4, 0.5) is 11.4 Å². The van der Waals surface area contributed by atoms with Gasteiger partial charge in [0.25, 0.3) is 0 Å². The van der Waals surface area contributed by atoms with Crippen LogP contribution >= 0.6 is 0 Å². The molecule has 0 bridgehead atoms. The van der Waals surface area contributed by atoms with Gasteiger partial charge in [0.2, 0.25) is 0 Å². The first-order chi connectivity index (χ1) is 27.5. The summed E-state index contributed by atoms with van der Waals surface area (Å²) < 4.78 is 9.32. The number of rotatable bonds is 3. The van der Waals surface area contributed by atoms with E-state index >= 15 is 0 Å². The zero-order valence-electron chi connectivity index (χ0n) is 33.7. The summed E-state index contributed by atoms with van der Waals surface area (Å²) in [4.78, 5) is 2.71. The molecule has 2 aliphatic heterocycles. The van der Waals surface area contributed by atoms with Crippen molar-refractivity contribution in [1.82, 2.24) is 4.57 Å². The summed E-state index contributed by atoms with van der Waals surface area (Å²) in [5.41, 5.74) is 16.3. The van der Waals surface area contributed by atoms with Crippen LogP contribution in [-0.4, -0.2) is 11.4 Å². The molecule has 7 aromatic carbocycles. The summed E-state index contributed by atoms with van der Waals surface area (Å²) in [6, 6.07) is 57.1. The summed E-state index contributed by atoms with van der Waals surface area (Å²) in [7, 11) is 0. The van der Waals surface area contributed by atoms with E-state index in [2.05, 4.69) is 203 Å². The van der Waals surface area contributed by atoms with Crippen molar-refractivity contribution in [2.24, 2.45) is 0 Å². The molecule has 0 spiro atoms. The van der Waals surface area contributed by atoms with Gasteiger partial charge in [-0.25, -0.2) is 0 Å². The van der Waals surface area contributed by atoms with Gasteiger partial charge in [0.05, 0.1) is 6.04 Å². The molecule has 57 heavy (non-hydrogen) atoms. The summed E-state index contributed by atoms with van der Waals surface area (Å²) >= 11 is 0. The third-order valence-corrected chi connectivity index (χ3v) is 13.0. The van der Waals surface area contributed by atoms with Gasteiger partial charge in [-0.05, 0) is 110 Å². The maximum absolute atomic E-state index is 6.59. The standard InChI is InChI=1S/C53H47BN2O/c1-52(2,3)37-23-26-46-41(29-37)43-30-38(53(4,5)6)31-45-51(43)55(46)50(35-17-11-8-12-18-35)44-27-36-28-49-42(40-19-13-14-20-48(40)57-49)32-47(36)56(54(44)45)39-24-21-34(22-25-39)33-15-9-7-10-16-33/h7-26,28-32,44,50H,27H2,1-6H3. The lowest BCUT2D eigenvalue weighted by molar-refractivity contribution is 0.549. The van der Waals surface area contributed by atoms with Crippen LogP contribution in [0.5, 0.6) is 0 Å². The highest BCUT2D eigenvalue weighted by atomic mass is 16.3. The minimum Gasteiger partial charge on any atom is -0.456 e. The molecule has 0 amide bonds. The molecule has 2 aromatic heterocycles. The molecule has 2 unspecified atom stereocenters. The van der Waals surface area contributed by atoms with E-state index in [1.807, 2.05) is 0 Å². The van der Waals surface area contributed by atoms with Crippen molar-refractivity contribution in [3.63, 3.8) is 0 Å². The van der Waals surface area contributed by atoms with Gasteiger partial charge in [-0.15, -0.1) is 0 Å². The first-order valence-electron chi connectivity index (χ1n) is 20.6. The van der Waals surface area contributed by atoms with E-state index in [1.54, 1.807) is 0 Å². The second kappa shape index (κ2) is 12.3. The Labute approximate surface area is 335 Å². The van der Waals surface area contributed by atoms with E-state index in [9.17, 15) is 0 Å². The molecule has 0 N–H and O–H groups in total. The van der Waals surface area contributed by atoms with Crippen LogP contribution in [0.15, 0.2) is 156 Å². The van der Waals surface area contributed by atoms with Crippen LogP contribution in [0, 0.1) is 0 Å². The van der Waals surface area contributed by atoms with Crippen LogP contribution in [0.3, 0.4) is 0 Å². The zero-order chi connectivity index (χ0) is 38.8. The van der Waals surface area contributed by atoms with Gasteiger partial charge in [0.15, 0.2) is 0 Å². The number of para-hydroxylation sites is 1. The lowest BCUT2D eigenvalue weighted by atomic mass is 9.38. The summed E-state index contributed by atoms with van der Waals surface area (Å²) in [6.07, 6.45) is 0.922. The second-order valence-corrected chi connectivity index (χ2v) is 18.6. The number of aromatic nitrogens is 1. The molecule has 9 aromatic rings. The monoisotopic (exact) mass is 738 g/mol. The highest BCUT2D eigenvalue weighted by Gasteiger charge is 2.50. The molecule has 2 aliphatic rings. The number of hydrogen-bond acceptors (Lipinski definition) is 2. The number of hydrogen-bond donors (Lipinski definition) is 0. The van der Waals surface area contributed by atoms with Crippen LogP contribution in [-0.2, 0) is 17.3 Å². The molecule has 0 fully saturated rings. The maximum Gasteiger partial charge on any atom is 0.301 e. The van der Waals surface area contributed by atoms with Gasteiger partial charge in [0, 0.05) is 44.0 Å². The molecule has 11 rings (SSSR count). The fraction of sp³-hybridized carbons (Fsp3) is 0.208. The van der Waals surface area contributed by atoms with Gasteiger partial charge in [0.1, 0.15) is 11.2 Å². The SMILES string of the molecule is CC(C)(C)c1ccc2c(c1)c1cc(C(C)(C)C)cc3c1n2C(c1ccccc1)C1Cc2cc4oc5ccccc5c4cc2N(c2ccc(-c4ccccc4)cc2)B31. The fourth-order valence-electron chi connectivity index (χ4n) is 10.2. The quantitative estimate of drug-likeness (QED) is 0.168. The molecule has 2 atom stereocenters. The highest BCUT2D eigenvalue weighted by Crippen LogP contribution is 2.53. The largest absolute Gasteiger partial charge is 0.456 e. The van der Waals surface area contributed by atoms with Crippen molar-refractivity contribution < 1.29 is 4.42 Å². The van der Waals surface area contributed by atoms with Gasteiger partial charge >= 0.3 is 6.85 Å². The molecule has 0 aliphatic carbocycles. The molecule has 3 nitrogen and oxygen atoms in total. The molecule has 0 radical (unpaired) electrons. The Hall–Kier alpha value is -6.00. The van der Waals surface area contributed by atoms with E-state index in [0.29, 0.717) is 0 Å². The first-order valence-corrected chi connectivity index (χ1v) is 20.6. The van der Waals surface area contributed by atoms with E-state index in [0.717, 1.165) is 23.0 Å². The van der Waals surface area contributed by atoms with Gasteiger partial charge < -0.3 is 13.8 Å². The minimum atomic E-state index is -0.0386. The molecular weight excluding hydrogens is 691 g/mol. The Morgan fingerprint density at radius 1 is 0.561 bits per heavy atom. The number of furan rings is 1. The second-order valence-electron chi connectivity index (χ2n) is 18.6. The first kappa shape index (κ1) is 34.3. The van der Waals surface area contributed by atoms with Crippen LogP contribution in [0.1, 0.15) is 69.8 Å². The Morgan fingerprint density at radius 3 is 1.96 bits per heavy atom. The maximum atomic E-state index is 6.59. The number of nitrogens with zero attached hydrogens (tertiary/aromatic N) is 2. The number of benzene rings is 7. The van der Waals surface area contributed by atoms with E-state index in [4.69, 9.17) is 4.42 Å². The summed E-state index contributed by atoms with van der Waals surface area (Å²) in [5.74, 6) is 0.222. The van der Waals surface area contributed by atoms with Crippen molar-refractivity contribution in [2.45, 2.75) is 70.7 Å². The third kappa shape index (κ3) is 5.26. The predicted octanol–water partition coefficient (Wildman–Crippen LogP) is 13.5. The lowest BCUT2D eigenvalue weighted by Gasteiger charge is -2.48. The fourth-order valence-corrected chi connectivity index (χ4v) is 10.2. The Balaban J connectivity index is 1.25. The average Bonchev–Trinajstić information content (AvgIpc) is 3.74. The summed E-state index contributed by atoms with van der Waals surface area (Å²) in [6.45, 7) is 14.2. The van der Waals surface area contributed by atoms with Crippen LogP contribution < -0.4 is 10.3 Å². The third-order valence-electron chi connectivity index (χ3n) is 13.0. The smallest absolute Gasteiger partial charge is 0.301 e. The zero-order valence-corrected chi connectivity index (χ0v) is 33.7. The van der Waals surface area contributed by atoms with Crippen LogP contribution in [0.2, 0.25) is 5.82 Å². The van der Waals surface area contributed by atoms with Crippen molar-refractivity contribution in [2.75, 3.05) is 4.81 Å². The predicted molar refractivity (Wildman–Crippen MR) is 242 cm³/mol. The van der Waals surface area contributed by atoms with E-state index in [-0.39, 0.29) is 29.5 Å². The Morgan fingerprint density at radius 2 is 1.23 bits per heavy atom. The summed E-state index contributed by atoms with van der Waals surface area (Å²) in [5, 5.41) is 5.04. The van der Waals surface area contributed by atoms with Gasteiger partial charge in [-0.2, -0.15) is 0 Å². The number of anilines is 2. The lowest BCUT2D eigenvalue weighted by Crippen LogP contribution is -2.57. The average molecular weight is 739 g/mol. The molecule has 4 heteroatoms. The normalized spacial score (nSPS) is 16.8. The molecule has 0 saturated carbocycles. The molecule has 4 heterocycles. The van der Waals surface area contributed by atoms with Crippen molar-refractivity contribution in [3.05, 3.63) is 174 Å². The number of fused-ring (bicyclic) bond motifs is 9. The molecule has 0 saturated heterocycles. The topological polar surface area (TPSA) is 21.3 Å². The van der Waals surface area contributed by atoms with Crippen molar-refractivity contribution in [3.8, 4) is 11.1 Å².